The highest BCUT2D eigenvalue weighted by atomic mass is 14.8. The van der Waals surface area contributed by atoms with E-state index in [1.165, 1.54) is 16.7 Å². The molecule has 0 aromatic heterocycles. The maximum atomic E-state index is 3.54. The fourth-order valence-corrected chi connectivity index (χ4v) is 2.30. The Hall–Kier alpha value is -1.86. The molecule has 2 rings (SSSR count). The van der Waals surface area contributed by atoms with E-state index in [2.05, 4.69) is 85.9 Å². The largest absolute Gasteiger partial charge is 0.312 e. The maximum Gasteiger partial charge on any atom is 0.0214 e. The van der Waals surface area contributed by atoms with Gasteiger partial charge in [0, 0.05) is 19.0 Å². The summed E-state index contributed by atoms with van der Waals surface area (Å²) in [7, 11) is 0. The summed E-state index contributed by atoms with van der Waals surface area (Å²) in [5, 5.41) is 3.54. The number of allylic oxidation sites excluding steroid dienone is 1. The second kappa shape index (κ2) is 7.66. The second-order valence-corrected chi connectivity index (χ2v) is 5.31. The van der Waals surface area contributed by atoms with E-state index in [-0.39, 0.29) is 0 Å². The van der Waals surface area contributed by atoms with Crippen LogP contribution in [0.3, 0.4) is 0 Å². The summed E-state index contributed by atoms with van der Waals surface area (Å²) in [6.07, 6.45) is 2.23. The topological polar surface area (TPSA) is 12.0 Å². The highest BCUT2D eigenvalue weighted by Gasteiger charge is 2.12. The number of benzene rings is 2. The van der Waals surface area contributed by atoms with Crippen molar-refractivity contribution in [2.75, 3.05) is 13.1 Å². The van der Waals surface area contributed by atoms with Gasteiger partial charge in [0.15, 0.2) is 0 Å². The average Bonchev–Trinajstić information content (AvgIpc) is 2.49. The molecule has 0 fully saturated rings. The van der Waals surface area contributed by atoms with Crippen molar-refractivity contribution in [1.29, 1.82) is 0 Å². The predicted octanol–water partition coefficient (Wildman–Crippen LogP) is 4.37. The van der Waals surface area contributed by atoms with Crippen LogP contribution in [0.25, 0.3) is 0 Å². The summed E-state index contributed by atoms with van der Waals surface area (Å²) < 4.78 is 0. The molecule has 0 atom stereocenters. The summed E-state index contributed by atoms with van der Waals surface area (Å²) in [6.45, 7) is 6.15. The Morgan fingerprint density at radius 1 is 0.900 bits per heavy atom. The Morgan fingerprint density at radius 3 is 1.85 bits per heavy atom. The average molecular weight is 265 g/mol. The van der Waals surface area contributed by atoms with Crippen molar-refractivity contribution in [1.82, 2.24) is 5.32 Å². The van der Waals surface area contributed by atoms with E-state index >= 15 is 0 Å². The summed E-state index contributed by atoms with van der Waals surface area (Å²) in [5.41, 5.74) is 4.08. The number of hydrogen-bond acceptors (Lipinski definition) is 1. The molecule has 20 heavy (non-hydrogen) atoms. The molecule has 104 valence electrons. The lowest BCUT2D eigenvalue weighted by Gasteiger charge is -2.18. The Kier molecular flexibility index (Phi) is 5.57. The SMILES string of the molecule is CC(C)=CCNCC(c1ccccc1)c1ccccc1. The molecule has 0 aliphatic heterocycles. The molecule has 0 saturated carbocycles. The zero-order valence-electron chi connectivity index (χ0n) is 12.3. The quantitative estimate of drug-likeness (QED) is 0.604. The maximum absolute atomic E-state index is 3.54. The molecule has 0 unspecified atom stereocenters. The Labute approximate surface area is 122 Å². The fraction of sp³-hybridized carbons (Fsp3) is 0.263. The minimum Gasteiger partial charge on any atom is -0.312 e. The lowest BCUT2D eigenvalue weighted by atomic mass is 9.91. The Balaban J connectivity index is 2.11. The standard InChI is InChI=1S/C19H23N/c1-16(2)13-14-20-15-19(17-9-5-3-6-10-17)18-11-7-4-8-12-18/h3-13,19-20H,14-15H2,1-2H3. The number of rotatable bonds is 6. The molecule has 0 spiro atoms. The summed E-state index contributed by atoms with van der Waals surface area (Å²) in [6, 6.07) is 21.4. The highest BCUT2D eigenvalue weighted by molar-refractivity contribution is 5.32. The molecule has 0 bridgehead atoms. The van der Waals surface area contributed by atoms with Gasteiger partial charge in [-0.15, -0.1) is 0 Å². The van der Waals surface area contributed by atoms with Crippen LogP contribution in [-0.2, 0) is 0 Å². The van der Waals surface area contributed by atoms with E-state index < -0.39 is 0 Å². The fourth-order valence-electron chi connectivity index (χ4n) is 2.30. The molecule has 2 aromatic carbocycles. The van der Waals surface area contributed by atoms with Gasteiger partial charge in [-0.1, -0.05) is 72.3 Å². The first-order valence-corrected chi connectivity index (χ1v) is 7.21. The Morgan fingerprint density at radius 2 is 1.40 bits per heavy atom. The molecular weight excluding hydrogens is 242 g/mol. The van der Waals surface area contributed by atoms with E-state index in [4.69, 9.17) is 0 Å². The minimum atomic E-state index is 0.406. The molecule has 0 radical (unpaired) electrons. The van der Waals surface area contributed by atoms with Gasteiger partial charge < -0.3 is 5.32 Å². The van der Waals surface area contributed by atoms with Crippen molar-refractivity contribution < 1.29 is 0 Å². The molecule has 0 aliphatic carbocycles. The van der Waals surface area contributed by atoms with Crippen LogP contribution in [0.1, 0.15) is 30.9 Å². The van der Waals surface area contributed by atoms with Crippen molar-refractivity contribution in [2.24, 2.45) is 0 Å². The molecule has 2 aromatic rings. The van der Waals surface area contributed by atoms with Crippen LogP contribution < -0.4 is 5.32 Å². The van der Waals surface area contributed by atoms with Crippen LogP contribution in [0.5, 0.6) is 0 Å². The first-order valence-electron chi connectivity index (χ1n) is 7.21. The third-order valence-corrected chi connectivity index (χ3v) is 3.41. The summed E-state index contributed by atoms with van der Waals surface area (Å²) >= 11 is 0. The van der Waals surface area contributed by atoms with Gasteiger partial charge in [-0.25, -0.2) is 0 Å². The van der Waals surface area contributed by atoms with Gasteiger partial charge in [-0.2, -0.15) is 0 Å². The van der Waals surface area contributed by atoms with Gasteiger partial charge in [0.05, 0.1) is 0 Å². The van der Waals surface area contributed by atoms with Crippen molar-refractivity contribution in [3.8, 4) is 0 Å². The van der Waals surface area contributed by atoms with Gasteiger partial charge in [-0.05, 0) is 25.0 Å². The normalized spacial score (nSPS) is 10.6. The smallest absolute Gasteiger partial charge is 0.0214 e. The third-order valence-electron chi connectivity index (χ3n) is 3.41. The molecular formula is C19H23N. The van der Waals surface area contributed by atoms with Gasteiger partial charge in [0.25, 0.3) is 0 Å². The zero-order chi connectivity index (χ0) is 14.2. The van der Waals surface area contributed by atoms with Gasteiger partial charge in [-0.3, -0.25) is 0 Å². The van der Waals surface area contributed by atoms with E-state index in [0.717, 1.165) is 13.1 Å². The summed E-state index contributed by atoms with van der Waals surface area (Å²) in [5.74, 6) is 0.406. The van der Waals surface area contributed by atoms with E-state index in [1.54, 1.807) is 0 Å². The first kappa shape index (κ1) is 14.5. The van der Waals surface area contributed by atoms with E-state index in [1.807, 2.05) is 0 Å². The second-order valence-electron chi connectivity index (χ2n) is 5.31. The summed E-state index contributed by atoms with van der Waals surface area (Å²) in [4.78, 5) is 0. The molecule has 0 amide bonds. The van der Waals surface area contributed by atoms with Crippen LogP contribution in [0, 0.1) is 0 Å². The molecule has 0 saturated heterocycles. The van der Waals surface area contributed by atoms with Crippen molar-refractivity contribution in [3.05, 3.63) is 83.4 Å². The lowest BCUT2D eigenvalue weighted by Crippen LogP contribution is -2.22. The van der Waals surface area contributed by atoms with Gasteiger partial charge in [0.2, 0.25) is 0 Å². The number of nitrogens with one attached hydrogen (secondary N) is 1. The molecule has 1 nitrogen and oxygen atoms in total. The van der Waals surface area contributed by atoms with Crippen LogP contribution in [0.15, 0.2) is 72.3 Å². The Bertz CT molecular complexity index is 485. The van der Waals surface area contributed by atoms with Crippen molar-refractivity contribution in [2.45, 2.75) is 19.8 Å². The van der Waals surface area contributed by atoms with E-state index in [9.17, 15) is 0 Å². The minimum absolute atomic E-state index is 0.406. The number of hydrogen-bond donors (Lipinski definition) is 1. The van der Waals surface area contributed by atoms with Crippen LogP contribution >= 0.6 is 0 Å². The monoisotopic (exact) mass is 265 g/mol. The van der Waals surface area contributed by atoms with Gasteiger partial charge >= 0.3 is 0 Å². The molecule has 0 aliphatic rings. The van der Waals surface area contributed by atoms with Crippen molar-refractivity contribution >= 4 is 0 Å². The van der Waals surface area contributed by atoms with E-state index in [0.29, 0.717) is 5.92 Å². The highest BCUT2D eigenvalue weighted by Crippen LogP contribution is 2.23. The zero-order valence-corrected chi connectivity index (χ0v) is 12.3. The molecule has 0 heterocycles. The molecule has 1 N–H and O–H groups in total. The van der Waals surface area contributed by atoms with Gasteiger partial charge in [0.1, 0.15) is 0 Å². The first-order chi connectivity index (χ1) is 9.77. The van der Waals surface area contributed by atoms with Crippen LogP contribution in [-0.4, -0.2) is 13.1 Å². The third kappa shape index (κ3) is 4.36. The van der Waals surface area contributed by atoms with Crippen LogP contribution in [0.2, 0.25) is 0 Å². The predicted molar refractivity (Wildman–Crippen MR) is 87.0 cm³/mol. The lowest BCUT2D eigenvalue weighted by molar-refractivity contribution is 0.676. The molecule has 1 heteroatoms. The van der Waals surface area contributed by atoms with Crippen molar-refractivity contribution in [3.63, 3.8) is 0 Å². The van der Waals surface area contributed by atoms with Crippen LogP contribution in [0.4, 0.5) is 0 Å².